The van der Waals surface area contributed by atoms with Crippen LogP contribution in [-0.2, 0) is 0 Å². The molecule has 0 spiro atoms. The van der Waals surface area contributed by atoms with Crippen molar-refractivity contribution in [3.63, 3.8) is 0 Å². The van der Waals surface area contributed by atoms with Crippen molar-refractivity contribution in [2.24, 2.45) is 0 Å². The smallest absolute Gasteiger partial charge is 0.0350 e. The van der Waals surface area contributed by atoms with E-state index in [-0.39, 0.29) is 0 Å². The molecule has 0 rings (SSSR count). The highest BCUT2D eigenvalue weighted by molar-refractivity contribution is 5.00. The van der Waals surface area contributed by atoms with Gasteiger partial charge in [0.2, 0.25) is 0 Å². The molecule has 0 unspecified atom stereocenters. The molecule has 0 saturated carbocycles. The Labute approximate surface area is 265 Å². The molecule has 4 N–H and O–H groups in total. The van der Waals surface area contributed by atoms with Gasteiger partial charge in [-0.3, -0.25) is 0 Å². The van der Waals surface area contributed by atoms with Gasteiger partial charge in [0.05, 0.1) is 0 Å². The average molecular weight is 591 g/mol. The molecule has 0 amide bonds. The first-order valence-electron chi connectivity index (χ1n) is 19.0. The number of nitrogens with one attached hydrogen (secondary N) is 4. The molecule has 0 aromatic carbocycles. The van der Waals surface area contributed by atoms with Crippen molar-refractivity contribution < 1.29 is 0 Å². The fourth-order valence-corrected chi connectivity index (χ4v) is 5.56. The van der Waals surface area contributed by atoms with Gasteiger partial charge in [0.15, 0.2) is 0 Å². The lowest BCUT2D eigenvalue weighted by Gasteiger charge is -2.12. The molecule has 0 aromatic heterocycles. The maximum atomic E-state index is 3.64. The Kier molecular flexibility index (Phi) is 35.3. The van der Waals surface area contributed by atoms with Crippen LogP contribution in [0.4, 0.5) is 0 Å². The molecule has 0 aromatic rings. The molecular weight excluding hydrogens is 512 g/mol. The third-order valence-electron chi connectivity index (χ3n) is 8.55. The first kappa shape index (κ1) is 41.0. The monoisotopic (exact) mass is 591 g/mol. The standard InChI is InChI=1S/C38H78N4/c1-5-9-11-13-19-25-29-33-41-37(7-3)35-39-31-27-23-21-17-15-16-18-22-24-28-32-40-36-38(8-4)42-34-30-26-20-14-12-10-6-2/h7-8,39-42H,5-6,9-36H2,1-4H3/b37-7-,38-8-. The van der Waals surface area contributed by atoms with Crippen molar-refractivity contribution in [2.75, 3.05) is 39.3 Å². The minimum absolute atomic E-state index is 0.995. The van der Waals surface area contributed by atoms with E-state index in [0.717, 1.165) is 39.3 Å². The van der Waals surface area contributed by atoms with Gasteiger partial charge in [-0.1, -0.05) is 154 Å². The second-order valence-corrected chi connectivity index (χ2v) is 12.6. The van der Waals surface area contributed by atoms with E-state index in [0.29, 0.717) is 0 Å². The second kappa shape index (κ2) is 36.2. The van der Waals surface area contributed by atoms with Gasteiger partial charge in [-0.15, -0.1) is 0 Å². The Hall–Kier alpha value is -1.00. The van der Waals surface area contributed by atoms with Crippen molar-refractivity contribution in [3.05, 3.63) is 23.5 Å². The maximum Gasteiger partial charge on any atom is 0.0350 e. The van der Waals surface area contributed by atoms with Crippen molar-refractivity contribution in [1.29, 1.82) is 0 Å². The van der Waals surface area contributed by atoms with Crippen LogP contribution in [0.2, 0.25) is 0 Å². The first-order valence-corrected chi connectivity index (χ1v) is 19.0. The van der Waals surface area contributed by atoms with E-state index in [4.69, 9.17) is 0 Å². The Morgan fingerprint density at radius 3 is 0.905 bits per heavy atom. The molecule has 0 aliphatic carbocycles. The van der Waals surface area contributed by atoms with Gasteiger partial charge in [0.1, 0.15) is 0 Å². The van der Waals surface area contributed by atoms with Gasteiger partial charge < -0.3 is 21.3 Å². The quantitative estimate of drug-likeness (QED) is 0.0555. The average Bonchev–Trinajstić information content (AvgIpc) is 3.01. The number of rotatable bonds is 35. The fourth-order valence-electron chi connectivity index (χ4n) is 5.56. The molecule has 0 radical (unpaired) electrons. The van der Waals surface area contributed by atoms with Crippen LogP contribution < -0.4 is 21.3 Å². The zero-order valence-corrected chi connectivity index (χ0v) is 29.4. The highest BCUT2D eigenvalue weighted by Crippen LogP contribution is 2.11. The lowest BCUT2D eigenvalue weighted by Crippen LogP contribution is -2.26. The summed E-state index contributed by atoms with van der Waals surface area (Å²) in [5.74, 6) is 0. The zero-order chi connectivity index (χ0) is 30.6. The highest BCUT2D eigenvalue weighted by Gasteiger charge is 1.99. The normalized spacial score (nSPS) is 12.3. The molecule has 0 aliphatic rings. The summed E-state index contributed by atoms with van der Waals surface area (Å²) < 4.78 is 0. The lowest BCUT2D eigenvalue weighted by molar-refractivity contribution is 0.534. The summed E-state index contributed by atoms with van der Waals surface area (Å²) in [4.78, 5) is 0. The summed E-state index contributed by atoms with van der Waals surface area (Å²) in [6.45, 7) is 15.4. The summed E-state index contributed by atoms with van der Waals surface area (Å²) in [7, 11) is 0. The van der Waals surface area contributed by atoms with E-state index in [1.54, 1.807) is 0 Å². The minimum Gasteiger partial charge on any atom is -0.388 e. The van der Waals surface area contributed by atoms with Crippen LogP contribution in [-0.4, -0.2) is 39.3 Å². The number of hydrogen-bond donors (Lipinski definition) is 4. The SMILES string of the molecule is C/C=C(/CNCCCCCCCCCCCCNC/C(=C/C)NCCCCCCCCC)NCCCCCCCCC. The molecule has 0 atom stereocenters. The lowest BCUT2D eigenvalue weighted by atomic mass is 10.1. The van der Waals surface area contributed by atoms with E-state index >= 15 is 0 Å². The zero-order valence-electron chi connectivity index (χ0n) is 29.4. The van der Waals surface area contributed by atoms with E-state index in [1.165, 1.54) is 165 Å². The van der Waals surface area contributed by atoms with Crippen LogP contribution in [0.15, 0.2) is 23.5 Å². The number of hydrogen-bond acceptors (Lipinski definition) is 4. The summed E-state index contributed by atoms with van der Waals surface area (Å²) in [5, 5.41) is 14.5. The van der Waals surface area contributed by atoms with E-state index in [2.05, 4.69) is 61.1 Å². The van der Waals surface area contributed by atoms with Crippen molar-refractivity contribution in [1.82, 2.24) is 21.3 Å². The van der Waals surface area contributed by atoms with E-state index in [9.17, 15) is 0 Å². The molecular formula is C38H78N4. The van der Waals surface area contributed by atoms with Crippen LogP contribution in [0.3, 0.4) is 0 Å². The number of unbranched alkanes of at least 4 members (excludes halogenated alkanes) is 21. The van der Waals surface area contributed by atoms with E-state index in [1.807, 2.05) is 0 Å². The molecule has 250 valence electrons. The molecule has 0 aliphatic heterocycles. The predicted molar refractivity (Wildman–Crippen MR) is 191 cm³/mol. The van der Waals surface area contributed by atoms with Crippen LogP contribution in [0.25, 0.3) is 0 Å². The Bertz CT molecular complexity index is 521. The molecule has 4 nitrogen and oxygen atoms in total. The summed E-state index contributed by atoms with van der Waals surface area (Å²) >= 11 is 0. The van der Waals surface area contributed by atoms with E-state index < -0.39 is 0 Å². The van der Waals surface area contributed by atoms with Gasteiger partial charge in [0.25, 0.3) is 0 Å². The molecule has 0 fully saturated rings. The summed E-state index contributed by atoms with van der Waals surface area (Å²) in [5.41, 5.74) is 2.73. The Morgan fingerprint density at radius 2 is 0.619 bits per heavy atom. The Morgan fingerprint density at radius 1 is 0.357 bits per heavy atom. The van der Waals surface area contributed by atoms with Crippen LogP contribution >= 0.6 is 0 Å². The highest BCUT2D eigenvalue weighted by atomic mass is 15.0. The van der Waals surface area contributed by atoms with Gasteiger partial charge >= 0.3 is 0 Å². The largest absolute Gasteiger partial charge is 0.388 e. The molecule has 0 heterocycles. The fraction of sp³-hybridized carbons (Fsp3) is 0.895. The van der Waals surface area contributed by atoms with Crippen LogP contribution in [0.5, 0.6) is 0 Å². The second-order valence-electron chi connectivity index (χ2n) is 12.6. The number of allylic oxidation sites excluding steroid dienone is 2. The van der Waals surface area contributed by atoms with Crippen molar-refractivity contribution in [2.45, 2.75) is 182 Å². The summed E-state index contributed by atoms with van der Waals surface area (Å²) in [6, 6.07) is 0. The van der Waals surface area contributed by atoms with Gasteiger partial charge in [-0.05, 0) is 52.6 Å². The topological polar surface area (TPSA) is 48.1 Å². The van der Waals surface area contributed by atoms with Crippen molar-refractivity contribution >= 4 is 0 Å². The predicted octanol–water partition coefficient (Wildman–Crippen LogP) is 10.6. The van der Waals surface area contributed by atoms with Gasteiger partial charge in [0, 0.05) is 37.6 Å². The molecule has 42 heavy (non-hydrogen) atoms. The van der Waals surface area contributed by atoms with Crippen LogP contribution in [0.1, 0.15) is 182 Å². The van der Waals surface area contributed by atoms with Crippen molar-refractivity contribution in [3.8, 4) is 0 Å². The molecule has 4 heteroatoms. The molecule has 0 saturated heterocycles. The van der Waals surface area contributed by atoms with Gasteiger partial charge in [-0.2, -0.15) is 0 Å². The minimum atomic E-state index is 0.995. The van der Waals surface area contributed by atoms with Gasteiger partial charge in [-0.25, -0.2) is 0 Å². The first-order chi connectivity index (χ1) is 20.8. The Balaban J connectivity index is 3.36. The van der Waals surface area contributed by atoms with Crippen LogP contribution in [0, 0.1) is 0 Å². The maximum absolute atomic E-state index is 3.64. The third kappa shape index (κ3) is 31.9. The summed E-state index contributed by atoms with van der Waals surface area (Å²) in [6.07, 6.45) is 37.6. The molecule has 0 bridgehead atoms. The third-order valence-corrected chi connectivity index (χ3v) is 8.55.